The third kappa shape index (κ3) is 6.48. The lowest BCUT2D eigenvalue weighted by molar-refractivity contribution is -0.145. The number of carbonyl (C=O) groups is 3. The van der Waals surface area contributed by atoms with Gasteiger partial charge < -0.3 is 10.1 Å². The van der Waals surface area contributed by atoms with Crippen LogP contribution < -0.4 is 5.32 Å². The highest BCUT2D eigenvalue weighted by Crippen LogP contribution is 2.23. The number of thiazole rings is 1. The summed E-state index contributed by atoms with van der Waals surface area (Å²) in [5.41, 5.74) is 2.33. The molecule has 0 spiro atoms. The van der Waals surface area contributed by atoms with Crippen LogP contribution in [-0.2, 0) is 27.4 Å². The number of anilines is 1. The van der Waals surface area contributed by atoms with Gasteiger partial charge in [-0.2, -0.15) is 0 Å². The van der Waals surface area contributed by atoms with E-state index in [1.165, 1.54) is 22.7 Å². The van der Waals surface area contributed by atoms with Crippen LogP contribution in [-0.4, -0.2) is 22.6 Å². The van der Waals surface area contributed by atoms with Gasteiger partial charge in [-0.3, -0.25) is 14.4 Å². The molecule has 0 bridgehead atoms. The van der Waals surface area contributed by atoms with Gasteiger partial charge in [0.15, 0.2) is 5.78 Å². The Hall–Kier alpha value is -2.55. The Morgan fingerprint density at radius 3 is 2.67 bits per heavy atom. The molecule has 0 saturated heterocycles. The Kier molecular flexibility index (Phi) is 7.73. The van der Waals surface area contributed by atoms with Crippen molar-refractivity contribution in [3.63, 3.8) is 0 Å². The third-order valence-electron chi connectivity index (χ3n) is 4.12. The number of halogens is 1. The van der Waals surface area contributed by atoms with E-state index in [1.54, 1.807) is 17.5 Å². The van der Waals surface area contributed by atoms with E-state index in [2.05, 4.69) is 10.3 Å². The van der Waals surface area contributed by atoms with Crippen LogP contribution in [0, 0.1) is 6.92 Å². The fourth-order valence-electron chi connectivity index (χ4n) is 2.57. The van der Waals surface area contributed by atoms with Crippen molar-refractivity contribution in [2.45, 2.75) is 32.8 Å². The SMILES string of the molecule is Cc1ccccc1NC(=O)Cc1nc(COC(=O)CCC(=O)c2ccc(Cl)s2)cs1. The van der Waals surface area contributed by atoms with Crippen molar-refractivity contribution >= 4 is 57.6 Å². The third-order valence-corrected chi connectivity index (χ3v) is 6.29. The van der Waals surface area contributed by atoms with Crippen LogP contribution in [0.4, 0.5) is 5.69 Å². The average molecular weight is 463 g/mol. The van der Waals surface area contributed by atoms with Gasteiger partial charge in [-0.05, 0) is 30.7 Å². The first-order chi connectivity index (χ1) is 14.4. The maximum Gasteiger partial charge on any atom is 0.306 e. The Labute approximate surface area is 186 Å². The number of para-hydroxylation sites is 1. The number of nitrogens with one attached hydrogen (secondary N) is 1. The fraction of sp³-hybridized carbons (Fsp3) is 0.238. The number of hydrogen-bond donors (Lipinski definition) is 1. The average Bonchev–Trinajstić information content (AvgIpc) is 3.35. The van der Waals surface area contributed by atoms with Crippen molar-refractivity contribution in [2.75, 3.05) is 5.32 Å². The number of aryl methyl sites for hydroxylation is 1. The maximum atomic E-state index is 12.2. The lowest BCUT2D eigenvalue weighted by Gasteiger charge is -2.06. The Bertz CT molecular complexity index is 1060. The number of carbonyl (C=O) groups excluding carboxylic acids is 3. The molecule has 0 unspecified atom stereocenters. The molecule has 0 aliphatic rings. The quantitative estimate of drug-likeness (QED) is 0.355. The first-order valence-corrected chi connectivity index (χ1v) is 11.2. The molecule has 2 heterocycles. The lowest BCUT2D eigenvalue weighted by atomic mass is 10.2. The fourth-order valence-corrected chi connectivity index (χ4v) is 4.36. The molecule has 6 nitrogen and oxygen atoms in total. The van der Waals surface area contributed by atoms with E-state index in [0.29, 0.717) is 19.9 Å². The van der Waals surface area contributed by atoms with Crippen molar-refractivity contribution < 1.29 is 19.1 Å². The molecular formula is C21H19ClN2O4S2. The number of amides is 1. The van der Waals surface area contributed by atoms with E-state index < -0.39 is 5.97 Å². The number of benzene rings is 1. The van der Waals surface area contributed by atoms with Gasteiger partial charge >= 0.3 is 5.97 Å². The summed E-state index contributed by atoms with van der Waals surface area (Å²) in [5, 5.41) is 5.25. The molecule has 0 radical (unpaired) electrons. The number of ether oxygens (including phenoxy) is 1. The van der Waals surface area contributed by atoms with Crippen molar-refractivity contribution in [1.82, 2.24) is 4.98 Å². The Balaban J connectivity index is 1.41. The van der Waals surface area contributed by atoms with Crippen LogP contribution in [0.25, 0.3) is 0 Å². The Morgan fingerprint density at radius 1 is 1.13 bits per heavy atom. The lowest BCUT2D eigenvalue weighted by Crippen LogP contribution is -2.15. The summed E-state index contributed by atoms with van der Waals surface area (Å²) in [6.07, 6.45) is 0.200. The molecule has 3 rings (SSSR count). The molecule has 9 heteroatoms. The largest absolute Gasteiger partial charge is 0.459 e. The van der Waals surface area contributed by atoms with Gasteiger partial charge in [-0.25, -0.2) is 4.98 Å². The molecular weight excluding hydrogens is 444 g/mol. The van der Waals surface area contributed by atoms with E-state index in [0.717, 1.165) is 11.3 Å². The van der Waals surface area contributed by atoms with Gasteiger partial charge in [0.25, 0.3) is 0 Å². The minimum absolute atomic E-state index is 0.00770. The molecule has 0 fully saturated rings. The standard InChI is InChI=1S/C21H19ClN2O4S2/c1-13-4-2-3-5-15(13)24-19(26)10-20-23-14(12-29-20)11-28-21(27)9-6-16(25)17-7-8-18(22)30-17/h2-5,7-8,12H,6,9-11H2,1H3,(H,24,26). The molecule has 0 atom stereocenters. The summed E-state index contributed by atoms with van der Waals surface area (Å²) in [6.45, 7) is 1.93. The van der Waals surface area contributed by atoms with Gasteiger partial charge in [0, 0.05) is 17.5 Å². The summed E-state index contributed by atoms with van der Waals surface area (Å²) in [5.74, 6) is -0.772. The molecule has 0 aliphatic heterocycles. The molecule has 1 aromatic carbocycles. The van der Waals surface area contributed by atoms with Crippen LogP contribution in [0.5, 0.6) is 0 Å². The van der Waals surface area contributed by atoms with Crippen molar-refractivity contribution in [1.29, 1.82) is 0 Å². The van der Waals surface area contributed by atoms with Gasteiger partial charge in [0.1, 0.15) is 11.6 Å². The predicted molar refractivity (Wildman–Crippen MR) is 118 cm³/mol. The second kappa shape index (κ2) is 10.5. The minimum Gasteiger partial charge on any atom is -0.459 e. The van der Waals surface area contributed by atoms with E-state index in [4.69, 9.17) is 16.3 Å². The molecule has 2 aromatic heterocycles. The summed E-state index contributed by atoms with van der Waals surface area (Å²) < 4.78 is 5.71. The number of nitrogens with zero attached hydrogens (tertiary/aromatic N) is 1. The van der Waals surface area contributed by atoms with Crippen LogP contribution in [0.1, 0.15) is 38.8 Å². The van der Waals surface area contributed by atoms with Crippen LogP contribution in [0.2, 0.25) is 4.34 Å². The van der Waals surface area contributed by atoms with Crippen LogP contribution in [0.15, 0.2) is 41.8 Å². The van der Waals surface area contributed by atoms with Crippen molar-refractivity contribution in [3.8, 4) is 0 Å². The zero-order valence-electron chi connectivity index (χ0n) is 16.1. The van der Waals surface area contributed by atoms with Crippen LogP contribution in [0.3, 0.4) is 0 Å². The molecule has 0 aliphatic carbocycles. The van der Waals surface area contributed by atoms with Gasteiger partial charge in [-0.1, -0.05) is 29.8 Å². The summed E-state index contributed by atoms with van der Waals surface area (Å²) in [4.78, 5) is 41.0. The Morgan fingerprint density at radius 2 is 1.93 bits per heavy atom. The summed E-state index contributed by atoms with van der Waals surface area (Å²) in [7, 11) is 0. The number of hydrogen-bond acceptors (Lipinski definition) is 7. The second-order valence-electron chi connectivity index (χ2n) is 6.46. The van der Waals surface area contributed by atoms with E-state index >= 15 is 0 Å². The normalized spacial score (nSPS) is 10.6. The topological polar surface area (TPSA) is 85.4 Å². The number of esters is 1. The highest BCUT2D eigenvalue weighted by atomic mass is 35.5. The number of ketones is 1. The molecule has 1 amide bonds. The molecule has 1 N–H and O–H groups in total. The van der Waals surface area contributed by atoms with Gasteiger partial charge in [0.2, 0.25) is 5.91 Å². The number of thiophene rings is 1. The van der Waals surface area contributed by atoms with Gasteiger partial charge in [0.05, 0.1) is 27.7 Å². The predicted octanol–water partition coefficient (Wildman–Crippen LogP) is 5.05. The molecule has 156 valence electrons. The first kappa shape index (κ1) is 22.1. The summed E-state index contributed by atoms with van der Waals surface area (Å²) in [6, 6.07) is 10.8. The number of rotatable bonds is 9. The molecule has 0 saturated carbocycles. The highest BCUT2D eigenvalue weighted by molar-refractivity contribution is 7.18. The van der Waals surface area contributed by atoms with E-state index in [9.17, 15) is 14.4 Å². The van der Waals surface area contributed by atoms with Gasteiger partial charge in [-0.15, -0.1) is 22.7 Å². The van der Waals surface area contributed by atoms with Crippen molar-refractivity contribution in [3.05, 3.63) is 67.3 Å². The zero-order chi connectivity index (χ0) is 21.5. The highest BCUT2D eigenvalue weighted by Gasteiger charge is 2.14. The molecule has 30 heavy (non-hydrogen) atoms. The van der Waals surface area contributed by atoms with E-state index in [1.807, 2.05) is 31.2 Å². The zero-order valence-corrected chi connectivity index (χ0v) is 18.5. The monoisotopic (exact) mass is 462 g/mol. The minimum atomic E-state index is -0.474. The second-order valence-corrected chi connectivity index (χ2v) is 9.12. The first-order valence-electron chi connectivity index (χ1n) is 9.13. The smallest absolute Gasteiger partial charge is 0.306 e. The van der Waals surface area contributed by atoms with E-state index in [-0.39, 0.29) is 37.6 Å². The van der Waals surface area contributed by atoms with Crippen molar-refractivity contribution in [2.24, 2.45) is 0 Å². The summed E-state index contributed by atoms with van der Waals surface area (Å²) >= 11 is 8.33. The maximum absolute atomic E-state index is 12.2. The number of Topliss-reactive ketones (excluding diaryl/α,β-unsaturated/α-hetero) is 1. The molecule has 3 aromatic rings. The van der Waals surface area contributed by atoms with Crippen LogP contribution >= 0.6 is 34.3 Å². The number of aromatic nitrogens is 1.